The van der Waals surface area contributed by atoms with Gasteiger partial charge < -0.3 is 31.9 Å². The zero-order chi connectivity index (χ0) is 20.8. The first-order valence-corrected chi connectivity index (χ1v) is 11.0. The number of aliphatic hydroxyl groups excluding tert-OH is 1. The number of nitrogens with one attached hydrogen (secondary N) is 3. The summed E-state index contributed by atoms with van der Waals surface area (Å²) >= 11 is 2.95. The molecule has 0 saturated heterocycles. The maximum absolute atomic E-state index is 12.5. The second kappa shape index (κ2) is 14.5. The molecule has 7 N–H and O–H groups in total. The molecule has 10 nitrogen and oxygen atoms in total. The zero-order valence-electron chi connectivity index (χ0n) is 15.4. The van der Waals surface area contributed by atoms with E-state index in [9.17, 15) is 19.2 Å². The summed E-state index contributed by atoms with van der Waals surface area (Å²) in [6.07, 6.45) is 4.29. The van der Waals surface area contributed by atoms with Crippen molar-refractivity contribution in [1.82, 2.24) is 16.0 Å². The molecule has 0 spiro atoms. The van der Waals surface area contributed by atoms with Gasteiger partial charge in [0.05, 0.1) is 13.2 Å². The normalized spacial score (nSPS) is 13.9. The van der Waals surface area contributed by atoms with Crippen molar-refractivity contribution in [3.63, 3.8) is 0 Å². The minimum absolute atomic E-state index is 0.261. The molecular formula is C15H28N4O6S2. The predicted octanol–water partition coefficient (Wildman–Crippen LogP) is -2.02. The summed E-state index contributed by atoms with van der Waals surface area (Å²) in [5.74, 6) is -1.99. The SMILES string of the molecule is CSCCC(NC(=O)CN)C(=O)NC(CCSC)C(=O)NC(CO)C(=O)O. The number of carboxylic acids is 1. The summed E-state index contributed by atoms with van der Waals surface area (Å²) in [6.45, 7) is -1.04. The summed E-state index contributed by atoms with van der Waals surface area (Å²) in [5, 5.41) is 25.3. The number of aliphatic hydroxyl groups is 1. The highest BCUT2D eigenvalue weighted by atomic mass is 32.2. The van der Waals surface area contributed by atoms with Gasteiger partial charge in [0.2, 0.25) is 17.7 Å². The van der Waals surface area contributed by atoms with Crippen molar-refractivity contribution in [2.75, 3.05) is 37.2 Å². The maximum Gasteiger partial charge on any atom is 0.328 e. The maximum atomic E-state index is 12.5. The molecule has 3 atom stereocenters. The topological polar surface area (TPSA) is 171 Å². The number of nitrogens with two attached hydrogens (primary N) is 1. The molecule has 0 rings (SSSR count). The number of rotatable bonds is 14. The molecule has 12 heteroatoms. The Hall–Kier alpha value is -1.50. The summed E-state index contributed by atoms with van der Waals surface area (Å²) in [5.41, 5.74) is 5.27. The van der Waals surface area contributed by atoms with Crippen LogP contribution in [-0.2, 0) is 19.2 Å². The first kappa shape index (κ1) is 25.5. The van der Waals surface area contributed by atoms with Gasteiger partial charge >= 0.3 is 5.97 Å². The minimum Gasteiger partial charge on any atom is -0.480 e. The average molecular weight is 425 g/mol. The fourth-order valence-corrected chi connectivity index (χ4v) is 2.94. The van der Waals surface area contributed by atoms with E-state index >= 15 is 0 Å². The molecule has 0 aromatic carbocycles. The van der Waals surface area contributed by atoms with Gasteiger partial charge in [0.25, 0.3) is 0 Å². The number of carboxylic acid groups (broad SMARTS) is 1. The van der Waals surface area contributed by atoms with E-state index in [-0.39, 0.29) is 13.0 Å². The molecule has 0 aliphatic heterocycles. The van der Waals surface area contributed by atoms with Crippen molar-refractivity contribution < 1.29 is 29.4 Å². The van der Waals surface area contributed by atoms with E-state index < -0.39 is 48.4 Å². The largest absolute Gasteiger partial charge is 0.480 e. The molecule has 3 amide bonds. The van der Waals surface area contributed by atoms with Gasteiger partial charge in [0, 0.05) is 0 Å². The van der Waals surface area contributed by atoms with Crippen LogP contribution in [0, 0.1) is 0 Å². The quantitative estimate of drug-likeness (QED) is 0.184. The number of carbonyl (C=O) groups excluding carboxylic acids is 3. The van der Waals surface area contributed by atoms with Crippen molar-refractivity contribution in [2.24, 2.45) is 5.73 Å². The third-order valence-electron chi connectivity index (χ3n) is 3.49. The summed E-state index contributed by atoms with van der Waals surface area (Å²) < 4.78 is 0. The Morgan fingerprint density at radius 2 is 1.33 bits per heavy atom. The summed E-state index contributed by atoms with van der Waals surface area (Å²) in [6, 6.07) is -3.31. The minimum atomic E-state index is -1.46. The molecule has 27 heavy (non-hydrogen) atoms. The molecule has 0 aromatic heterocycles. The molecular weight excluding hydrogens is 396 g/mol. The standard InChI is InChI=1S/C15H28N4O6S2/c1-26-5-3-9(17-12(21)7-16)13(22)18-10(4-6-27-2)14(23)19-11(8-20)15(24)25/h9-11,20H,3-8,16H2,1-2H3,(H,17,21)(H,18,22)(H,19,23)(H,24,25). The van der Waals surface area contributed by atoms with Crippen LogP contribution in [-0.4, -0.2) is 89.2 Å². The molecule has 0 aliphatic carbocycles. The van der Waals surface area contributed by atoms with Gasteiger partial charge in [-0.05, 0) is 36.9 Å². The van der Waals surface area contributed by atoms with Gasteiger partial charge in [-0.2, -0.15) is 23.5 Å². The zero-order valence-corrected chi connectivity index (χ0v) is 17.0. The lowest BCUT2D eigenvalue weighted by molar-refractivity contribution is -0.143. The lowest BCUT2D eigenvalue weighted by atomic mass is 10.1. The average Bonchev–Trinajstić information content (AvgIpc) is 2.65. The fraction of sp³-hybridized carbons (Fsp3) is 0.733. The van der Waals surface area contributed by atoms with Crippen LogP contribution in [0.25, 0.3) is 0 Å². The third kappa shape index (κ3) is 10.4. The van der Waals surface area contributed by atoms with Crippen molar-refractivity contribution in [1.29, 1.82) is 0 Å². The van der Waals surface area contributed by atoms with Crippen LogP contribution in [0.2, 0.25) is 0 Å². The molecule has 0 bridgehead atoms. The molecule has 0 fully saturated rings. The second-order valence-corrected chi connectivity index (χ2v) is 7.50. The van der Waals surface area contributed by atoms with Crippen LogP contribution in [0.3, 0.4) is 0 Å². The van der Waals surface area contributed by atoms with Gasteiger partial charge in [-0.3, -0.25) is 14.4 Å². The number of aliphatic carboxylic acids is 1. The summed E-state index contributed by atoms with van der Waals surface area (Å²) in [7, 11) is 0. The fourth-order valence-electron chi connectivity index (χ4n) is 1.99. The molecule has 0 saturated carbocycles. The van der Waals surface area contributed by atoms with E-state index in [4.69, 9.17) is 15.9 Å². The monoisotopic (exact) mass is 424 g/mol. The molecule has 156 valence electrons. The Morgan fingerprint density at radius 1 is 0.889 bits per heavy atom. The Morgan fingerprint density at radius 3 is 1.70 bits per heavy atom. The summed E-state index contributed by atoms with van der Waals surface area (Å²) in [4.78, 5) is 47.4. The molecule has 0 aromatic rings. The van der Waals surface area contributed by atoms with E-state index in [0.717, 1.165) is 0 Å². The number of carbonyl (C=O) groups is 4. The molecule has 0 radical (unpaired) electrons. The number of hydrogen-bond donors (Lipinski definition) is 6. The predicted molar refractivity (Wildman–Crippen MR) is 106 cm³/mol. The van der Waals surface area contributed by atoms with Crippen LogP contribution in [0.4, 0.5) is 0 Å². The molecule has 0 aliphatic rings. The Labute approximate surface area is 166 Å². The second-order valence-electron chi connectivity index (χ2n) is 5.53. The number of thioether (sulfide) groups is 2. The molecule has 0 heterocycles. The van der Waals surface area contributed by atoms with E-state index in [1.54, 1.807) is 0 Å². The van der Waals surface area contributed by atoms with Crippen LogP contribution >= 0.6 is 23.5 Å². The van der Waals surface area contributed by atoms with Crippen LogP contribution < -0.4 is 21.7 Å². The highest BCUT2D eigenvalue weighted by Crippen LogP contribution is 2.05. The van der Waals surface area contributed by atoms with Crippen molar-refractivity contribution >= 4 is 47.2 Å². The van der Waals surface area contributed by atoms with Gasteiger partial charge in [0.15, 0.2) is 0 Å². The van der Waals surface area contributed by atoms with Crippen molar-refractivity contribution in [3.05, 3.63) is 0 Å². The number of hydrogen-bond acceptors (Lipinski definition) is 8. The molecule has 3 unspecified atom stereocenters. The van der Waals surface area contributed by atoms with E-state index in [0.29, 0.717) is 17.9 Å². The first-order chi connectivity index (χ1) is 12.8. The number of amides is 3. The van der Waals surface area contributed by atoms with Crippen LogP contribution in [0.15, 0.2) is 0 Å². The van der Waals surface area contributed by atoms with Gasteiger partial charge in [-0.15, -0.1) is 0 Å². The van der Waals surface area contributed by atoms with Gasteiger partial charge in [0.1, 0.15) is 18.1 Å². The van der Waals surface area contributed by atoms with Crippen LogP contribution in [0.1, 0.15) is 12.8 Å². The highest BCUT2D eigenvalue weighted by molar-refractivity contribution is 7.98. The van der Waals surface area contributed by atoms with Gasteiger partial charge in [-0.25, -0.2) is 4.79 Å². The third-order valence-corrected chi connectivity index (χ3v) is 4.78. The van der Waals surface area contributed by atoms with Crippen molar-refractivity contribution in [3.8, 4) is 0 Å². The van der Waals surface area contributed by atoms with E-state index in [1.807, 2.05) is 12.5 Å². The van der Waals surface area contributed by atoms with E-state index in [2.05, 4.69) is 16.0 Å². The lowest BCUT2D eigenvalue weighted by Gasteiger charge is -2.24. The highest BCUT2D eigenvalue weighted by Gasteiger charge is 2.28. The smallest absolute Gasteiger partial charge is 0.328 e. The van der Waals surface area contributed by atoms with E-state index in [1.165, 1.54) is 23.5 Å². The van der Waals surface area contributed by atoms with Crippen LogP contribution in [0.5, 0.6) is 0 Å². The Kier molecular flexibility index (Phi) is 13.7. The van der Waals surface area contributed by atoms with Crippen molar-refractivity contribution in [2.45, 2.75) is 31.0 Å². The Bertz CT molecular complexity index is 509. The van der Waals surface area contributed by atoms with Gasteiger partial charge in [-0.1, -0.05) is 0 Å². The Balaban J connectivity index is 5.13. The lowest BCUT2D eigenvalue weighted by Crippen LogP contribution is -2.56. The first-order valence-electron chi connectivity index (χ1n) is 8.22.